The van der Waals surface area contributed by atoms with Crippen molar-refractivity contribution >= 4 is 0 Å². The minimum atomic E-state index is 0.697. The molecule has 0 radical (unpaired) electrons. The van der Waals surface area contributed by atoms with Crippen LogP contribution in [0.15, 0.2) is 30.6 Å². The summed E-state index contributed by atoms with van der Waals surface area (Å²) in [6.45, 7) is 2.77. The molecule has 0 unspecified atom stereocenters. The molecule has 1 fully saturated rings. The predicted octanol–water partition coefficient (Wildman–Crippen LogP) is 3.64. The number of methoxy groups -OCH3 is 1. The van der Waals surface area contributed by atoms with Crippen LogP contribution < -0.4 is 9.47 Å². The summed E-state index contributed by atoms with van der Waals surface area (Å²) < 4.78 is 11.1. The van der Waals surface area contributed by atoms with Crippen molar-refractivity contribution in [3.05, 3.63) is 36.2 Å². The molecule has 1 aromatic carbocycles. The lowest BCUT2D eigenvalue weighted by molar-refractivity contribution is 0.174. The molecular weight excluding hydrogens is 264 g/mol. The summed E-state index contributed by atoms with van der Waals surface area (Å²) in [6, 6.07) is 7.88. The largest absolute Gasteiger partial charge is 0.497 e. The van der Waals surface area contributed by atoms with Gasteiger partial charge in [-0.05, 0) is 49.9 Å². The molecule has 1 aliphatic rings. The molecule has 1 aromatic heterocycles. The van der Waals surface area contributed by atoms with Gasteiger partial charge in [-0.2, -0.15) is 0 Å². The molecule has 0 atom stereocenters. The lowest BCUT2D eigenvalue weighted by Gasteiger charge is -2.25. The summed E-state index contributed by atoms with van der Waals surface area (Å²) in [6.07, 6.45) is 5.45. The Balaban J connectivity index is 1.80. The van der Waals surface area contributed by atoms with Crippen LogP contribution in [0, 0.1) is 12.8 Å². The molecule has 4 nitrogen and oxygen atoms in total. The fraction of sp³-hybridized carbons (Fsp3) is 0.412. The van der Waals surface area contributed by atoms with Crippen molar-refractivity contribution in [1.29, 1.82) is 0 Å². The number of aromatic nitrogens is 2. The van der Waals surface area contributed by atoms with Crippen molar-refractivity contribution in [2.75, 3.05) is 13.7 Å². The van der Waals surface area contributed by atoms with Crippen LogP contribution in [-0.2, 0) is 0 Å². The second kappa shape index (κ2) is 6.12. The van der Waals surface area contributed by atoms with Gasteiger partial charge < -0.3 is 9.47 Å². The van der Waals surface area contributed by atoms with Crippen LogP contribution >= 0.6 is 0 Å². The highest BCUT2D eigenvalue weighted by molar-refractivity contribution is 5.65. The highest BCUT2D eigenvalue weighted by atomic mass is 16.5. The number of ether oxygens (including phenoxy) is 2. The first kappa shape index (κ1) is 13.9. The average Bonchev–Trinajstić information content (AvgIpc) is 2.47. The Morgan fingerprint density at radius 1 is 1.14 bits per heavy atom. The van der Waals surface area contributed by atoms with Gasteiger partial charge in [-0.25, -0.2) is 9.97 Å². The Kier molecular flexibility index (Phi) is 4.04. The molecule has 0 bridgehead atoms. The van der Waals surface area contributed by atoms with Gasteiger partial charge in [-0.3, -0.25) is 0 Å². The summed E-state index contributed by atoms with van der Waals surface area (Å²) >= 11 is 0. The van der Waals surface area contributed by atoms with Gasteiger partial charge >= 0.3 is 0 Å². The van der Waals surface area contributed by atoms with Gasteiger partial charge in [0.2, 0.25) is 5.88 Å². The zero-order valence-electron chi connectivity index (χ0n) is 12.5. The fourth-order valence-corrected chi connectivity index (χ4v) is 2.48. The molecule has 0 amide bonds. The van der Waals surface area contributed by atoms with E-state index in [1.54, 1.807) is 13.4 Å². The van der Waals surface area contributed by atoms with E-state index in [1.807, 2.05) is 31.2 Å². The molecule has 1 saturated carbocycles. The third-order valence-electron chi connectivity index (χ3n) is 4.08. The second-order valence-electron chi connectivity index (χ2n) is 5.49. The maximum atomic E-state index is 5.87. The first-order chi connectivity index (χ1) is 10.3. The molecule has 1 heterocycles. The molecule has 0 spiro atoms. The lowest BCUT2D eigenvalue weighted by Crippen LogP contribution is -2.20. The minimum Gasteiger partial charge on any atom is -0.497 e. The molecule has 21 heavy (non-hydrogen) atoms. The van der Waals surface area contributed by atoms with E-state index in [9.17, 15) is 0 Å². The van der Waals surface area contributed by atoms with Crippen molar-refractivity contribution < 1.29 is 9.47 Å². The lowest BCUT2D eigenvalue weighted by atomic mass is 9.86. The predicted molar refractivity (Wildman–Crippen MR) is 81.6 cm³/mol. The monoisotopic (exact) mass is 284 g/mol. The molecule has 1 aliphatic carbocycles. The maximum absolute atomic E-state index is 5.87. The molecule has 0 aliphatic heterocycles. The van der Waals surface area contributed by atoms with E-state index in [-0.39, 0.29) is 0 Å². The van der Waals surface area contributed by atoms with Gasteiger partial charge in [0.1, 0.15) is 12.1 Å². The van der Waals surface area contributed by atoms with E-state index < -0.39 is 0 Å². The van der Waals surface area contributed by atoms with E-state index in [1.165, 1.54) is 19.3 Å². The molecule has 2 aromatic rings. The minimum absolute atomic E-state index is 0.697. The number of rotatable bonds is 5. The smallest absolute Gasteiger partial charge is 0.219 e. The molecule has 4 heteroatoms. The Hall–Kier alpha value is -2.10. The summed E-state index contributed by atoms with van der Waals surface area (Å²) in [7, 11) is 1.66. The molecule has 0 N–H and O–H groups in total. The van der Waals surface area contributed by atoms with Crippen molar-refractivity contribution in [3.8, 4) is 22.9 Å². The zero-order chi connectivity index (χ0) is 14.7. The highest BCUT2D eigenvalue weighted by Gasteiger charge is 2.19. The normalized spacial score (nSPS) is 14.6. The summed E-state index contributed by atoms with van der Waals surface area (Å²) in [5, 5.41) is 0. The fourth-order valence-electron chi connectivity index (χ4n) is 2.48. The van der Waals surface area contributed by atoms with E-state index in [4.69, 9.17) is 9.47 Å². The topological polar surface area (TPSA) is 44.2 Å². The number of nitrogens with zero attached hydrogens (tertiary/aromatic N) is 2. The van der Waals surface area contributed by atoms with Crippen LogP contribution in [0.3, 0.4) is 0 Å². The quantitative estimate of drug-likeness (QED) is 0.841. The Morgan fingerprint density at radius 2 is 1.90 bits per heavy atom. The van der Waals surface area contributed by atoms with Crippen LogP contribution in [0.1, 0.15) is 24.8 Å². The van der Waals surface area contributed by atoms with Crippen molar-refractivity contribution in [2.45, 2.75) is 26.2 Å². The Morgan fingerprint density at radius 3 is 2.52 bits per heavy atom. The summed E-state index contributed by atoms with van der Waals surface area (Å²) in [5.74, 6) is 2.23. The van der Waals surface area contributed by atoms with E-state index in [2.05, 4.69) is 9.97 Å². The Labute approximate surface area is 125 Å². The first-order valence-corrected chi connectivity index (χ1v) is 7.36. The van der Waals surface area contributed by atoms with Crippen molar-refractivity contribution in [3.63, 3.8) is 0 Å². The third kappa shape index (κ3) is 2.99. The van der Waals surface area contributed by atoms with Gasteiger partial charge in [-0.1, -0.05) is 6.42 Å². The standard InChI is InChI=1S/C17H20N2O2/c1-12-16(14-6-8-15(20-2)9-7-14)18-11-19-17(12)21-10-13-4-3-5-13/h6-9,11,13H,3-5,10H2,1-2H3. The summed E-state index contributed by atoms with van der Waals surface area (Å²) in [5.41, 5.74) is 2.95. The third-order valence-corrected chi connectivity index (χ3v) is 4.08. The van der Waals surface area contributed by atoms with E-state index in [0.29, 0.717) is 11.8 Å². The molecular formula is C17H20N2O2. The van der Waals surface area contributed by atoms with Crippen LogP contribution in [0.2, 0.25) is 0 Å². The second-order valence-corrected chi connectivity index (χ2v) is 5.49. The van der Waals surface area contributed by atoms with Gasteiger partial charge in [-0.15, -0.1) is 0 Å². The number of hydrogen-bond donors (Lipinski definition) is 0. The molecule has 110 valence electrons. The van der Waals surface area contributed by atoms with Gasteiger partial charge in [0.05, 0.1) is 19.4 Å². The Bertz CT molecular complexity index is 607. The van der Waals surface area contributed by atoms with E-state index in [0.717, 1.165) is 29.2 Å². The average molecular weight is 284 g/mol. The molecule has 3 rings (SSSR count). The first-order valence-electron chi connectivity index (χ1n) is 7.36. The van der Waals surface area contributed by atoms with Crippen LogP contribution in [0.25, 0.3) is 11.3 Å². The maximum Gasteiger partial charge on any atom is 0.219 e. The van der Waals surface area contributed by atoms with Crippen molar-refractivity contribution in [1.82, 2.24) is 9.97 Å². The van der Waals surface area contributed by atoms with Crippen molar-refractivity contribution in [2.24, 2.45) is 5.92 Å². The highest BCUT2D eigenvalue weighted by Crippen LogP contribution is 2.30. The number of hydrogen-bond acceptors (Lipinski definition) is 4. The van der Waals surface area contributed by atoms with Crippen LogP contribution in [0.4, 0.5) is 0 Å². The van der Waals surface area contributed by atoms with Gasteiger partial charge in [0.25, 0.3) is 0 Å². The number of benzene rings is 1. The summed E-state index contributed by atoms with van der Waals surface area (Å²) in [4.78, 5) is 8.66. The van der Waals surface area contributed by atoms with Gasteiger partial charge in [0.15, 0.2) is 0 Å². The SMILES string of the molecule is COc1ccc(-c2ncnc(OCC3CCC3)c2C)cc1. The van der Waals surface area contributed by atoms with Crippen LogP contribution in [0.5, 0.6) is 11.6 Å². The zero-order valence-corrected chi connectivity index (χ0v) is 12.5. The van der Waals surface area contributed by atoms with Gasteiger partial charge in [0, 0.05) is 11.1 Å². The van der Waals surface area contributed by atoms with Crippen LogP contribution in [-0.4, -0.2) is 23.7 Å². The van der Waals surface area contributed by atoms with E-state index >= 15 is 0 Å². The molecule has 0 saturated heterocycles.